The van der Waals surface area contributed by atoms with E-state index in [2.05, 4.69) is 31.4 Å². The molecule has 1 unspecified atom stereocenters. The summed E-state index contributed by atoms with van der Waals surface area (Å²) < 4.78 is 3.54. The first-order valence-corrected chi connectivity index (χ1v) is 6.70. The van der Waals surface area contributed by atoms with E-state index >= 15 is 0 Å². The van der Waals surface area contributed by atoms with E-state index in [-0.39, 0.29) is 6.04 Å². The molecule has 21 heavy (non-hydrogen) atoms. The minimum Gasteiger partial charge on any atom is -0.353 e. The predicted molar refractivity (Wildman–Crippen MR) is 73.6 cm³/mol. The highest BCUT2D eigenvalue weighted by atomic mass is 15.4. The molecule has 0 spiro atoms. The Labute approximate surface area is 120 Å². The Morgan fingerprint density at radius 3 is 3.14 bits per heavy atom. The van der Waals surface area contributed by atoms with Crippen molar-refractivity contribution in [1.82, 2.24) is 29.6 Å². The molecule has 1 fully saturated rings. The van der Waals surface area contributed by atoms with E-state index in [1.54, 1.807) is 23.2 Å². The highest BCUT2D eigenvalue weighted by Gasteiger charge is 2.25. The van der Waals surface area contributed by atoms with Gasteiger partial charge in [0, 0.05) is 19.3 Å². The molecule has 0 aliphatic carbocycles. The van der Waals surface area contributed by atoms with E-state index in [1.165, 1.54) is 0 Å². The second-order valence-corrected chi connectivity index (χ2v) is 5.03. The zero-order valence-electron chi connectivity index (χ0n) is 11.2. The molecule has 1 aliphatic rings. The average molecular weight is 280 g/mol. The van der Waals surface area contributed by atoms with Crippen molar-refractivity contribution < 1.29 is 0 Å². The van der Waals surface area contributed by atoms with Crippen LogP contribution in [0.1, 0.15) is 18.0 Å². The molecule has 0 amide bonds. The van der Waals surface area contributed by atoms with Gasteiger partial charge in [-0.05, 0) is 18.6 Å². The Balaban J connectivity index is 1.56. The van der Waals surface area contributed by atoms with Gasteiger partial charge in [0.1, 0.15) is 18.2 Å². The SMILES string of the molecule is N#Cc1cnn(C2CCN(c3ccc4nncn4n3)C2)c1. The molecule has 0 radical (unpaired) electrons. The smallest absolute Gasteiger partial charge is 0.177 e. The first kappa shape index (κ1) is 11.8. The molecule has 4 rings (SSSR count). The Kier molecular flexibility index (Phi) is 2.57. The van der Waals surface area contributed by atoms with Crippen molar-refractivity contribution in [3.63, 3.8) is 0 Å². The minimum atomic E-state index is 0.269. The third-order valence-electron chi connectivity index (χ3n) is 3.74. The summed E-state index contributed by atoms with van der Waals surface area (Å²) in [6, 6.07) is 6.24. The van der Waals surface area contributed by atoms with E-state index in [0.29, 0.717) is 5.56 Å². The highest BCUT2D eigenvalue weighted by Crippen LogP contribution is 2.25. The minimum absolute atomic E-state index is 0.269. The van der Waals surface area contributed by atoms with Crippen LogP contribution in [0.5, 0.6) is 0 Å². The zero-order valence-corrected chi connectivity index (χ0v) is 11.2. The van der Waals surface area contributed by atoms with Crippen LogP contribution in [0.2, 0.25) is 0 Å². The van der Waals surface area contributed by atoms with Gasteiger partial charge >= 0.3 is 0 Å². The van der Waals surface area contributed by atoms with Gasteiger partial charge in [-0.15, -0.1) is 15.3 Å². The molecule has 8 heteroatoms. The van der Waals surface area contributed by atoms with Crippen LogP contribution in [-0.2, 0) is 0 Å². The molecule has 0 saturated carbocycles. The molecule has 3 aromatic rings. The van der Waals surface area contributed by atoms with Crippen LogP contribution in [-0.4, -0.2) is 42.7 Å². The topological polar surface area (TPSA) is 87.9 Å². The Hall–Kier alpha value is -2.95. The maximum atomic E-state index is 8.87. The maximum absolute atomic E-state index is 8.87. The molecule has 0 bridgehead atoms. The second-order valence-electron chi connectivity index (χ2n) is 5.03. The lowest BCUT2D eigenvalue weighted by Gasteiger charge is -2.17. The summed E-state index contributed by atoms with van der Waals surface area (Å²) in [5.41, 5.74) is 1.33. The van der Waals surface area contributed by atoms with Gasteiger partial charge in [0.25, 0.3) is 0 Å². The van der Waals surface area contributed by atoms with Crippen molar-refractivity contribution in [3.05, 3.63) is 36.4 Å². The molecular weight excluding hydrogens is 268 g/mol. The molecular formula is C13H12N8. The van der Waals surface area contributed by atoms with Crippen LogP contribution in [0.3, 0.4) is 0 Å². The Morgan fingerprint density at radius 2 is 2.29 bits per heavy atom. The van der Waals surface area contributed by atoms with Crippen LogP contribution in [0.15, 0.2) is 30.9 Å². The van der Waals surface area contributed by atoms with E-state index in [1.807, 2.05) is 16.8 Å². The van der Waals surface area contributed by atoms with Gasteiger partial charge in [0.05, 0.1) is 17.8 Å². The molecule has 4 heterocycles. The molecule has 0 aromatic carbocycles. The first-order chi connectivity index (χ1) is 10.3. The fourth-order valence-electron chi connectivity index (χ4n) is 2.65. The van der Waals surface area contributed by atoms with E-state index in [4.69, 9.17) is 5.26 Å². The van der Waals surface area contributed by atoms with E-state index in [0.717, 1.165) is 31.0 Å². The first-order valence-electron chi connectivity index (χ1n) is 6.70. The zero-order chi connectivity index (χ0) is 14.2. The highest BCUT2D eigenvalue weighted by molar-refractivity contribution is 5.45. The quantitative estimate of drug-likeness (QED) is 0.684. The Bertz CT molecular complexity index is 826. The number of aromatic nitrogens is 6. The van der Waals surface area contributed by atoms with Gasteiger partial charge in [-0.1, -0.05) is 0 Å². The van der Waals surface area contributed by atoms with Crippen molar-refractivity contribution in [2.45, 2.75) is 12.5 Å². The number of rotatable bonds is 2. The number of hydrogen-bond donors (Lipinski definition) is 0. The van der Waals surface area contributed by atoms with Crippen LogP contribution in [0.4, 0.5) is 5.82 Å². The van der Waals surface area contributed by atoms with Gasteiger partial charge in [0.2, 0.25) is 0 Å². The molecule has 104 valence electrons. The summed E-state index contributed by atoms with van der Waals surface area (Å²) in [5.74, 6) is 0.900. The van der Waals surface area contributed by atoms with Crippen molar-refractivity contribution >= 4 is 11.5 Å². The molecule has 8 nitrogen and oxygen atoms in total. The van der Waals surface area contributed by atoms with Gasteiger partial charge in [-0.3, -0.25) is 4.68 Å². The molecule has 3 aromatic heterocycles. The second kappa shape index (κ2) is 4.56. The van der Waals surface area contributed by atoms with Crippen molar-refractivity contribution in [1.29, 1.82) is 5.26 Å². The standard InChI is InChI=1S/C13H12N8/c14-5-10-6-16-20(7-10)11-3-4-19(8-11)13-2-1-12-17-15-9-21(12)18-13/h1-2,6-7,9,11H,3-4,8H2. The van der Waals surface area contributed by atoms with Gasteiger partial charge in [-0.2, -0.15) is 14.9 Å². The van der Waals surface area contributed by atoms with Crippen molar-refractivity contribution in [2.75, 3.05) is 18.0 Å². The van der Waals surface area contributed by atoms with E-state index in [9.17, 15) is 0 Å². The van der Waals surface area contributed by atoms with Gasteiger partial charge in [-0.25, -0.2) is 0 Å². The summed E-state index contributed by atoms with van der Waals surface area (Å²) in [4.78, 5) is 2.21. The fraction of sp³-hybridized carbons (Fsp3) is 0.308. The molecule has 0 N–H and O–H groups in total. The monoisotopic (exact) mass is 280 g/mol. The van der Waals surface area contributed by atoms with Crippen LogP contribution >= 0.6 is 0 Å². The van der Waals surface area contributed by atoms with Crippen LogP contribution in [0.25, 0.3) is 5.65 Å². The number of nitriles is 1. The maximum Gasteiger partial charge on any atom is 0.177 e. The third kappa shape index (κ3) is 1.99. The average Bonchev–Trinajstić information content (AvgIpc) is 3.24. The van der Waals surface area contributed by atoms with E-state index < -0.39 is 0 Å². The normalized spacial score (nSPS) is 18.2. The summed E-state index contributed by atoms with van der Waals surface area (Å²) in [5, 5.41) is 25.4. The third-order valence-corrected chi connectivity index (χ3v) is 3.74. The van der Waals surface area contributed by atoms with Crippen LogP contribution in [0, 0.1) is 11.3 Å². The van der Waals surface area contributed by atoms with Gasteiger partial charge < -0.3 is 4.90 Å². The lowest BCUT2D eigenvalue weighted by Crippen LogP contribution is -2.22. The number of anilines is 1. The largest absolute Gasteiger partial charge is 0.353 e. The Morgan fingerprint density at radius 1 is 1.33 bits per heavy atom. The summed E-state index contributed by atoms with van der Waals surface area (Å²) >= 11 is 0. The van der Waals surface area contributed by atoms with Gasteiger partial charge in [0.15, 0.2) is 5.65 Å². The summed E-state index contributed by atoms with van der Waals surface area (Å²) in [6.45, 7) is 1.74. The molecule has 1 aliphatic heterocycles. The number of fused-ring (bicyclic) bond motifs is 1. The predicted octanol–water partition coefficient (Wildman–Crippen LogP) is 0.644. The number of nitrogens with zero attached hydrogens (tertiary/aromatic N) is 8. The van der Waals surface area contributed by atoms with Crippen molar-refractivity contribution in [3.8, 4) is 6.07 Å². The molecule has 1 saturated heterocycles. The summed E-state index contributed by atoms with van der Waals surface area (Å²) in [7, 11) is 0. The number of hydrogen-bond acceptors (Lipinski definition) is 6. The van der Waals surface area contributed by atoms with Crippen molar-refractivity contribution in [2.24, 2.45) is 0 Å². The van der Waals surface area contributed by atoms with Crippen LogP contribution < -0.4 is 4.90 Å². The molecule has 1 atom stereocenters. The lowest BCUT2D eigenvalue weighted by atomic mass is 10.3. The fourth-order valence-corrected chi connectivity index (χ4v) is 2.65. The summed E-state index contributed by atoms with van der Waals surface area (Å²) in [6.07, 6.45) is 5.97. The lowest BCUT2D eigenvalue weighted by molar-refractivity contribution is 0.494.